The number of aromatic nitrogens is 1. The van der Waals surface area contributed by atoms with E-state index < -0.39 is 18.0 Å². The average molecular weight is 555 g/mol. The van der Waals surface area contributed by atoms with E-state index in [0.717, 1.165) is 11.1 Å². The molecule has 5 rings (SSSR count). The Labute approximate surface area is 234 Å². The van der Waals surface area contributed by atoms with Crippen LogP contribution in [-0.2, 0) is 14.3 Å². The van der Waals surface area contributed by atoms with Crippen LogP contribution in [0.4, 0.5) is 0 Å². The van der Waals surface area contributed by atoms with Crippen molar-refractivity contribution in [1.82, 2.24) is 4.57 Å². The highest BCUT2D eigenvalue weighted by molar-refractivity contribution is 7.07. The Morgan fingerprint density at radius 1 is 0.975 bits per heavy atom. The highest BCUT2D eigenvalue weighted by Crippen LogP contribution is 2.35. The van der Waals surface area contributed by atoms with E-state index in [2.05, 4.69) is 0 Å². The molecule has 1 atom stereocenters. The summed E-state index contributed by atoms with van der Waals surface area (Å²) in [5.74, 6) is 0.114. The van der Waals surface area contributed by atoms with E-state index in [4.69, 9.17) is 19.2 Å². The molecule has 40 heavy (non-hydrogen) atoms. The lowest BCUT2D eigenvalue weighted by Gasteiger charge is -2.26. The average Bonchev–Trinajstić information content (AvgIpc) is 3.27. The van der Waals surface area contributed by atoms with Crippen molar-refractivity contribution < 1.29 is 23.8 Å². The molecule has 0 spiro atoms. The van der Waals surface area contributed by atoms with Crippen molar-refractivity contribution >= 4 is 35.0 Å². The fraction of sp³-hybridized carbons (Fsp3) is 0.161. The molecule has 1 aliphatic rings. The molecule has 0 saturated carbocycles. The fourth-order valence-electron chi connectivity index (χ4n) is 4.49. The highest BCUT2D eigenvalue weighted by Gasteiger charge is 2.35. The van der Waals surface area contributed by atoms with Crippen LogP contribution in [0.25, 0.3) is 11.8 Å². The molecule has 0 saturated heterocycles. The number of benzene rings is 3. The second-order valence-corrected chi connectivity index (χ2v) is 9.88. The molecule has 0 radical (unpaired) electrons. The second kappa shape index (κ2) is 11.5. The number of fused-ring (bicyclic) bond motifs is 1. The third-order valence-corrected chi connectivity index (χ3v) is 7.23. The van der Waals surface area contributed by atoms with Gasteiger partial charge in [0.15, 0.2) is 4.80 Å². The van der Waals surface area contributed by atoms with Gasteiger partial charge in [0.05, 0.1) is 35.6 Å². The summed E-state index contributed by atoms with van der Waals surface area (Å²) in [6.45, 7) is 3.25. The summed E-state index contributed by atoms with van der Waals surface area (Å²) in [5, 5.41) is 0. The first-order chi connectivity index (χ1) is 19.4. The van der Waals surface area contributed by atoms with Crippen LogP contribution in [0, 0.1) is 0 Å². The van der Waals surface area contributed by atoms with Gasteiger partial charge in [-0.15, -0.1) is 0 Å². The first kappa shape index (κ1) is 26.8. The molecule has 8 nitrogen and oxygen atoms in total. The summed E-state index contributed by atoms with van der Waals surface area (Å²) in [6.07, 6.45) is 1.75. The van der Waals surface area contributed by atoms with E-state index in [9.17, 15) is 14.4 Å². The molecule has 0 fully saturated rings. The Kier molecular flexibility index (Phi) is 7.75. The third-order valence-electron chi connectivity index (χ3n) is 6.24. The van der Waals surface area contributed by atoms with Crippen molar-refractivity contribution in [3.05, 3.63) is 121 Å². The summed E-state index contributed by atoms with van der Waals surface area (Å²) in [5.41, 5.74) is 2.65. The third kappa shape index (κ3) is 5.37. The van der Waals surface area contributed by atoms with Gasteiger partial charge in [-0.2, -0.15) is 0 Å². The molecular formula is C31H26N2O6S. The predicted molar refractivity (Wildman–Crippen MR) is 152 cm³/mol. The maximum atomic E-state index is 13.9. The second-order valence-electron chi connectivity index (χ2n) is 8.87. The van der Waals surface area contributed by atoms with E-state index in [1.807, 2.05) is 42.5 Å². The molecule has 0 N–H and O–H groups in total. The van der Waals surface area contributed by atoms with Crippen molar-refractivity contribution in [3.8, 4) is 11.5 Å². The minimum absolute atomic E-state index is 0.174. The first-order valence-electron chi connectivity index (χ1n) is 12.6. The smallest absolute Gasteiger partial charge is 0.338 e. The minimum Gasteiger partial charge on any atom is -0.497 e. The molecule has 1 aliphatic heterocycles. The summed E-state index contributed by atoms with van der Waals surface area (Å²) >= 11 is 1.24. The topological polar surface area (TPSA) is 96.2 Å². The standard InChI is InChI=1S/C31H26N2O6S/c1-4-38-30(36)26-27(21-8-6-5-7-9-21)32-31-33(28(26)22-12-16-23(37-3)17-13-22)29(35)25(40-31)18-20-10-14-24(15-11-20)39-19(2)34/h5-18,28H,4H2,1-3H3/b25-18-/t28-/m1/s1. The van der Waals surface area contributed by atoms with Gasteiger partial charge in [-0.25, -0.2) is 9.79 Å². The van der Waals surface area contributed by atoms with E-state index >= 15 is 0 Å². The van der Waals surface area contributed by atoms with Crippen molar-refractivity contribution in [2.45, 2.75) is 19.9 Å². The van der Waals surface area contributed by atoms with Gasteiger partial charge in [0.1, 0.15) is 11.5 Å². The number of hydrogen-bond acceptors (Lipinski definition) is 8. The molecule has 3 aromatic carbocycles. The van der Waals surface area contributed by atoms with E-state index in [0.29, 0.717) is 32.1 Å². The predicted octanol–water partition coefficient (Wildman–Crippen LogP) is 3.87. The number of rotatable bonds is 7. The number of esters is 2. The first-order valence-corrected chi connectivity index (χ1v) is 13.4. The Morgan fingerprint density at radius 3 is 2.27 bits per heavy atom. The molecule has 0 unspecified atom stereocenters. The number of thiazole rings is 1. The van der Waals surface area contributed by atoms with Crippen LogP contribution in [0.2, 0.25) is 0 Å². The zero-order chi connectivity index (χ0) is 28.2. The largest absolute Gasteiger partial charge is 0.497 e. The van der Waals surface area contributed by atoms with Crippen LogP contribution >= 0.6 is 11.3 Å². The molecular weight excluding hydrogens is 528 g/mol. The molecule has 0 bridgehead atoms. The van der Waals surface area contributed by atoms with E-state index in [1.54, 1.807) is 61.1 Å². The van der Waals surface area contributed by atoms with Gasteiger partial charge in [-0.3, -0.25) is 14.2 Å². The van der Waals surface area contributed by atoms with Crippen LogP contribution in [-0.4, -0.2) is 30.2 Å². The fourth-order valence-corrected chi connectivity index (χ4v) is 5.49. The number of carbonyl (C=O) groups is 2. The SMILES string of the molecule is CCOC(=O)C1=C(c2ccccc2)N=c2s/c(=C\c3ccc(OC(C)=O)cc3)c(=O)n2[C@@H]1c1ccc(OC)cc1. The van der Waals surface area contributed by atoms with Gasteiger partial charge in [0.2, 0.25) is 0 Å². The van der Waals surface area contributed by atoms with Crippen molar-refractivity contribution in [2.24, 2.45) is 4.99 Å². The summed E-state index contributed by atoms with van der Waals surface area (Å²) in [4.78, 5) is 44.0. The molecule has 0 amide bonds. The Morgan fingerprint density at radius 2 is 1.65 bits per heavy atom. The molecule has 9 heteroatoms. The summed E-state index contributed by atoms with van der Waals surface area (Å²) < 4.78 is 17.9. The van der Waals surface area contributed by atoms with E-state index in [-0.39, 0.29) is 17.7 Å². The van der Waals surface area contributed by atoms with Crippen LogP contribution in [0.5, 0.6) is 11.5 Å². The minimum atomic E-state index is -0.773. The zero-order valence-electron chi connectivity index (χ0n) is 22.1. The lowest BCUT2D eigenvalue weighted by atomic mass is 9.93. The van der Waals surface area contributed by atoms with Crippen LogP contribution in [0.15, 0.2) is 94.2 Å². The van der Waals surface area contributed by atoms with E-state index in [1.165, 1.54) is 18.3 Å². The Balaban J connectivity index is 1.74. The Bertz CT molecular complexity index is 1770. The molecule has 0 aliphatic carbocycles. The van der Waals surface area contributed by atoms with Crippen molar-refractivity contribution in [2.75, 3.05) is 13.7 Å². The molecule has 2 heterocycles. The number of methoxy groups -OCH3 is 1. The van der Waals surface area contributed by atoms with Gasteiger partial charge in [-0.05, 0) is 48.4 Å². The van der Waals surface area contributed by atoms with Gasteiger partial charge in [-0.1, -0.05) is 65.9 Å². The monoisotopic (exact) mass is 554 g/mol. The molecule has 1 aromatic heterocycles. The molecule has 4 aromatic rings. The number of ether oxygens (including phenoxy) is 3. The summed E-state index contributed by atoms with van der Waals surface area (Å²) in [7, 11) is 1.58. The van der Waals surface area contributed by atoms with Crippen LogP contribution in [0.1, 0.15) is 36.6 Å². The quantitative estimate of drug-likeness (QED) is 0.254. The normalized spacial score (nSPS) is 14.8. The zero-order valence-corrected chi connectivity index (χ0v) is 22.9. The van der Waals surface area contributed by atoms with Gasteiger partial charge in [0, 0.05) is 12.5 Å². The highest BCUT2D eigenvalue weighted by atomic mass is 32.1. The lowest BCUT2D eigenvalue weighted by Crippen LogP contribution is -2.40. The maximum absolute atomic E-state index is 13.9. The van der Waals surface area contributed by atoms with Gasteiger partial charge < -0.3 is 14.2 Å². The molecule has 202 valence electrons. The number of carbonyl (C=O) groups excluding carboxylic acids is 2. The summed E-state index contributed by atoms with van der Waals surface area (Å²) in [6, 6.07) is 22.7. The van der Waals surface area contributed by atoms with Gasteiger partial charge in [0.25, 0.3) is 5.56 Å². The maximum Gasteiger partial charge on any atom is 0.338 e. The van der Waals surface area contributed by atoms with Gasteiger partial charge >= 0.3 is 11.9 Å². The van der Waals surface area contributed by atoms with Crippen LogP contribution < -0.4 is 24.4 Å². The van der Waals surface area contributed by atoms with Crippen molar-refractivity contribution in [3.63, 3.8) is 0 Å². The number of hydrogen-bond donors (Lipinski definition) is 0. The van der Waals surface area contributed by atoms with Crippen molar-refractivity contribution in [1.29, 1.82) is 0 Å². The lowest BCUT2D eigenvalue weighted by molar-refractivity contribution is -0.139. The van der Waals surface area contributed by atoms with Crippen LogP contribution in [0.3, 0.4) is 0 Å². The number of nitrogens with zero attached hydrogens (tertiary/aromatic N) is 2. The Hall–Kier alpha value is -4.76.